The van der Waals surface area contributed by atoms with Crippen LogP contribution in [0.2, 0.25) is 0 Å². The molecular weight excluding hydrogens is 240 g/mol. The Kier molecular flexibility index (Phi) is 2.66. The number of benzene rings is 1. The maximum atomic E-state index is 14.5. The monoisotopic (exact) mass is 255 g/mol. The summed E-state index contributed by atoms with van der Waals surface area (Å²) in [6.07, 6.45) is 0.501. The van der Waals surface area contributed by atoms with Gasteiger partial charge in [-0.25, -0.2) is 8.78 Å². The molecule has 1 N–H and O–H groups in total. The minimum absolute atomic E-state index is 0.0560. The van der Waals surface area contributed by atoms with Crippen molar-refractivity contribution in [3.63, 3.8) is 0 Å². The Hall–Kier alpha value is -1.36. The number of halogens is 2. The highest BCUT2D eigenvalue weighted by Gasteiger charge is 2.44. The molecule has 18 heavy (non-hydrogen) atoms. The first kappa shape index (κ1) is 11.7. The van der Waals surface area contributed by atoms with E-state index >= 15 is 0 Å². The Morgan fingerprint density at radius 2 is 2.00 bits per heavy atom. The third-order valence-electron chi connectivity index (χ3n) is 3.65. The Balaban J connectivity index is 2.00. The first-order chi connectivity index (χ1) is 8.59. The van der Waals surface area contributed by atoms with Gasteiger partial charge < -0.3 is 14.8 Å². The molecule has 1 unspecified atom stereocenters. The first-order valence-corrected chi connectivity index (χ1v) is 6.08. The molecule has 2 heterocycles. The lowest BCUT2D eigenvalue weighted by Gasteiger charge is -2.24. The predicted molar refractivity (Wildman–Crippen MR) is 62.2 cm³/mol. The van der Waals surface area contributed by atoms with Gasteiger partial charge in [-0.3, -0.25) is 0 Å². The van der Waals surface area contributed by atoms with Gasteiger partial charge in [-0.2, -0.15) is 0 Å². The minimum Gasteiger partial charge on any atom is -0.454 e. The SMILES string of the molecule is Cc1cc2c(cc1C(F)(F)C1CCNC1)OCO2. The number of alkyl halides is 2. The predicted octanol–water partition coefficient (Wildman–Crippen LogP) is 2.43. The van der Waals surface area contributed by atoms with Crippen LogP contribution in [0.25, 0.3) is 0 Å². The van der Waals surface area contributed by atoms with Crippen molar-refractivity contribution in [2.24, 2.45) is 5.92 Å². The summed E-state index contributed by atoms with van der Waals surface area (Å²) in [6, 6.07) is 3.06. The molecular formula is C13H15F2NO2. The smallest absolute Gasteiger partial charge is 0.277 e. The molecule has 0 saturated carbocycles. The van der Waals surface area contributed by atoms with Crippen LogP contribution < -0.4 is 14.8 Å². The van der Waals surface area contributed by atoms with Crippen LogP contribution in [-0.4, -0.2) is 19.9 Å². The van der Waals surface area contributed by atoms with Crippen LogP contribution in [0.5, 0.6) is 11.5 Å². The fourth-order valence-electron chi connectivity index (χ4n) is 2.59. The van der Waals surface area contributed by atoms with E-state index in [-0.39, 0.29) is 12.4 Å². The second-order valence-corrected chi connectivity index (χ2v) is 4.83. The summed E-state index contributed by atoms with van der Waals surface area (Å²) >= 11 is 0. The molecule has 1 fully saturated rings. The third kappa shape index (κ3) is 1.73. The zero-order valence-electron chi connectivity index (χ0n) is 10.1. The molecule has 2 aliphatic heterocycles. The molecule has 0 aliphatic carbocycles. The fraction of sp³-hybridized carbons (Fsp3) is 0.538. The van der Waals surface area contributed by atoms with E-state index in [2.05, 4.69) is 5.32 Å². The molecule has 0 bridgehead atoms. The molecule has 0 spiro atoms. The zero-order valence-corrected chi connectivity index (χ0v) is 10.1. The molecule has 1 aromatic rings. The number of fused-ring (bicyclic) bond motifs is 1. The zero-order chi connectivity index (χ0) is 12.8. The number of ether oxygens (including phenoxy) is 2. The van der Waals surface area contributed by atoms with E-state index in [9.17, 15) is 8.78 Å². The highest BCUT2D eigenvalue weighted by Crippen LogP contribution is 2.45. The van der Waals surface area contributed by atoms with Gasteiger partial charge in [-0.05, 0) is 37.6 Å². The largest absolute Gasteiger partial charge is 0.454 e. The first-order valence-electron chi connectivity index (χ1n) is 6.08. The number of hydrogen-bond acceptors (Lipinski definition) is 3. The van der Waals surface area contributed by atoms with Crippen LogP contribution in [0, 0.1) is 12.8 Å². The van der Waals surface area contributed by atoms with Crippen LogP contribution in [0.15, 0.2) is 12.1 Å². The standard InChI is InChI=1S/C13H15F2NO2/c1-8-4-11-12(18-7-17-11)5-10(8)13(14,15)9-2-3-16-6-9/h4-5,9,16H,2-3,6-7H2,1H3. The maximum absolute atomic E-state index is 14.5. The Labute approximate surface area is 104 Å². The quantitative estimate of drug-likeness (QED) is 0.880. The Bertz CT molecular complexity index is 470. The lowest BCUT2D eigenvalue weighted by Crippen LogP contribution is -2.28. The van der Waals surface area contributed by atoms with Gasteiger partial charge in [0.1, 0.15) is 0 Å². The van der Waals surface area contributed by atoms with Crippen LogP contribution >= 0.6 is 0 Å². The summed E-state index contributed by atoms with van der Waals surface area (Å²) in [7, 11) is 0. The Morgan fingerprint density at radius 1 is 1.28 bits per heavy atom. The van der Waals surface area contributed by atoms with E-state index in [1.165, 1.54) is 6.07 Å². The fourth-order valence-corrected chi connectivity index (χ4v) is 2.59. The molecule has 2 aliphatic rings. The van der Waals surface area contributed by atoms with Crippen molar-refractivity contribution in [2.45, 2.75) is 19.3 Å². The van der Waals surface area contributed by atoms with Gasteiger partial charge in [0.15, 0.2) is 11.5 Å². The maximum Gasteiger partial charge on any atom is 0.277 e. The highest BCUT2D eigenvalue weighted by molar-refractivity contribution is 5.49. The second-order valence-electron chi connectivity index (χ2n) is 4.83. The van der Waals surface area contributed by atoms with Crippen LogP contribution in [0.1, 0.15) is 17.5 Å². The number of nitrogens with one attached hydrogen (secondary N) is 1. The Morgan fingerprint density at radius 3 is 2.67 bits per heavy atom. The van der Waals surface area contributed by atoms with Gasteiger partial charge in [0.2, 0.25) is 6.79 Å². The topological polar surface area (TPSA) is 30.5 Å². The molecule has 98 valence electrons. The summed E-state index contributed by atoms with van der Waals surface area (Å²) in [5.74, 6) is -2.50. The second kappa shape index (κ2) is 4.09. The summed E-state index contributed by atoms with van der Waals surface area (Å²) in [4.78, 5) is 0. The molecule has 5 heteroatoms. The highest BCUT2D eigenvalue weighted by atomic mass is 19.3. The van der Waals surface area contributed by atoms with E-state index in [4.69, 9.17) is 9.47 Å². The normalized spacial score (nSPS) is 22.5. The van der Waals surface area contributed by atoms with Crippen molar-refractivity contribution in [3.05, 3.63) is 23.3 Å². The van der Waals surface area contributed by atoms with Gasteiger partial charge >= 0.3 is 0 Å². The number of aryl methyl sites for hydroxylation is 1. The summed E-state index contributed by atoms with van der Waals surface area (Å²) in [6.45, 7) is 2.81. The van der Waals surface area contributed by atoms with Crippen molar-refractivity contribution in [3.8, 4) is 11.5 Å². The van der Waals surface area contributed by atoms with Crippen molar-refractivity contribution >= 4 is 0 Å². The van der Waals surface area contributed by atoms with E-state index in [0.29, 0.717) is 36.6 Å². The molecule has 1 aromatic carbocycles. The van der Waals surface area contributed by atoms with Gasteiger partial charge in [0, 0.05) is 18.0 Å². The lowest BCUT2D eigenvalue weighted by molar-refractivity contribution is -0.0581. The van der Waals surface area contributed by atoms with E-state index < -0.39 is 11.8 Å². The summed E-state index contributed by atoms with van der Waals surface area (Å²) < 4.78 is 39.3. The molecule has 0 radical (unpaired) electrons. The number of rotatable bonds is 2. The average molecular weight is 255 g/mol. The van der Waals surface area contributed by atoms with Gasteiger partial charge in [-0.1, -0.05) is 0 Å². The molecule has 0 aromatic heterocycles. The van der Waals surface area contributed by atoms with Crippen molar-refractivity contribution in [2.75, 3.05) is 19.9 Å². The van der Waals surface area contributed by atoms with Gasteiger partial charge in [0.25, 0.3) is 5.92 Å². The van der Waals surface area contributed by atoms with E-state index in [1.807, 2.05) is 0 Å². The average Bonchev–Trinajstić information content (AvgIpc) is 2.98. The van der Waals surface area contributed by atoms with E-state index in [0.717, 1.165) is 0 Å². The van der Waals surface area contributed by atoms with Crippen molar-refractivity contribution in [1.82, 2.24) is 5.32 Å². The van der Waals surface area contributed by atoms with Crippen LogP contribution in [0.4, 0.5) is 8.78 Å². The van der Waals surface area contributed by atoms with Crippen molar-refractivity contribution < 1.29 is 18.3 Å². The van der Waals surface area contributed by atoms with Crippen molar-refractivity contribution in [1.29, 1.82) is 0 Å². The molecule has 3 nitrogen and oxygen atoms in total. The number of hydrogen-bond donors (Lipinski definition) is 1. The molecule has 3 rings (SSSR count). The third-order valence-corrected chi connectivity index (χ3v) is 3.65. The van der Waals surface area contributed by atoms with E-state index in [1.54, 1.807) is 13.0 Å². The summed E-state index contributed by atoms with van der Waals surface area (Å²) in [5.41, 5.74) is 0.608. The van der Waals surface area contributed by atoms with Crippen LogP contribution in [-0.2, 0) is 5.92 Å². The molecule has 0 amide bonds. The summed E-state index contributed by atoms with van der Waals surface area (Å²) in [5, 5.41) is 2.98. The lowest BCUT2D eigenvalue weighted by atomic mass is 9.90. The van der Waals surface area contributed by atoms with Gasteiger partial charge in [0.05, 0.1) is 0 Å². The van der Waals surface area contributed by atoms with Gasteiger partial charge in [-0.15, -0.1) is 0 Å². The molecule has 1 atom stereocenters. The minimum atomic E-state index is -2.82. The molecule has 1 saturated heterocycles. The van der Waals surface area contributed by atoms with Crippen LogP contribution in [0.3, 0.4) is 0 Å².